The summed E-state index contributed by atoms with van der Waals surface area (Å²) in [4.78, 5) is 38.9. The fraction of sp³-hybridized carbons (Fsp3) is 0.629. The van der Waals surface area contributed by atoms with Crippen molar-refractivity contribution in [3.8, 4) is 0 Å². The van der Waals surface area contributed by atoms with E-state index in [0.717, 1.165) is 18.4 Å². The molecule has 0 aromatic rings. The highest BCUT2D eigenvalue weighted by atomic mass is 28.4. The van der Waals surface area contributed by atoms with Crippen molar-refractivity contribution in [2.75, 3.05) is 13.1 Å². The van der Waals surface area contributed by atoms with Crippen LogP contribution >= 0.6 is 0 Å². The van der Waals surface area contributed by atoms with Crippen molar-refractivity contribution >= 4 is 26.1 Å². The van der Waals surface area contributed by atoms with E-state index in [9.17, 15) is 14.4 Å². The molecule has 0 bridgehead atoms. The molecule has 1 rings (SSSR count). The molecule has 0 saturated heterocycles. The lowest BCUT2D eigenvalue weighted by molar-refractivity contribution is -0.143. The van der Waals surface area contributed by atoms with Gasteiger partial charge in [0.15, 0.2) is 8.32 Å². The number of hydrogen-bond donors (Lipinski definition) is 2. The van der Waals surface area contributed by atoms with Gasteiger partial charge in [-0.15, -0.1) is 0 Å². The summed E-state index contributed by atoms with van der Waals surface area (Å²) in [6, 6.07) is 0. The third-order valence-electron chi connectivity index (χ3n) is 8.14. The molecule has 0 spiro atoms. The first-order chi connectivity index (χ1) is 20.3. The molecular formula is C35H58N2O5Si. The van der Waals surface area contributed by atoms with Gasteiger partial charge < -0.3 is 19.8 Å². The average molecular weight is 615 g/mol. The Balaban J connectivity index is 3.15. The van der Waals surface area contributed by atoms with Crippen molar-refractivity contribution in [3.05, 3.63) is 60.3 Å². The van der Waals surface area contributed by atoms with Gasteiger partial charge in [-0.05, 0) is 49.9 Å². The van der Waals surface area contributed by atoms with Crippen LogP contribution in [-0.4, -0.2) is 51.4 Å². The molecule has 0 unspecified atom stereocenters. The normalized spacial score (nSPS) is 24.7. The van der Waals surface area contributed by atoms with Crippen molar-refractivity contribution in [1.82, 2.24) is 10.6 Å². The van der Waals surface area contributed by atoms with Gasteiger partial charge in [0.1, 0.15) is 6.10 Å². The van der Waals surface area contributed by atoms with Crippen LogP contribution in [0.5, 0.6) is 0 Å². The highest BCUT2D eigenvalue weighted by molar-refractivity contribution is 6.74. The summed E-state index contributed by atoms with van der Waals surface area (Å²) in [7, 11) is -2.24. The highest BCUT2D eigenvalue weighted by Crippen LogP contribution is 2.38. The number of nitrogens with one attached hydrogen (secondary N) is 2. The molecule has 3 atom stereocenters. The number of amides is 2. The van der Waals surface area contributed by atoms with Crippen LogP contribution in [0.25, 0.3) is 0 Å². The highest BCUT2D eigenvalue weighted by Gasteiger charge is 2.41. The first-order valence-electron chi connectivity index (χ1n) is 16.0. The zero-order valence-corrected chi connectivity index (χ0v) is 29.0. The minimum absolute atomic E-state index is 0.0290. The predicted molar refractivity (Wildman–Crippen MR) is 180 cm³/mol. The molecule has 0 aromatic heterocycles. The fourth-order valence-corrected chi connectivity index (χ4v) is 5.54. The van der Waals surface area contributed by atoms with Crippen LogP contribution in [0.1, 0.15) is 92.9 Å². The lowest BCUT2D eigenvalue weighted by atomic mass is 10.0. The van der Waals surface area contributed by atoms with E-state index < -0.39 is 32.4 Å². The van der Waals surface area contributed by atoms with Gasteiger partial charge >= 0.3 is 5.97 Å². The third kappa shape index (κ3) is 16.1. The van der Waals surface area contributed by atoms with Crippen molar-refractivity contribution in [3.63, 3.8) is 0 Å². The fourth-order valence-electron chi connectivity index (χ4n) is 4.14. The van der Waals surface area contributed by atoms with Crippen molar-refractivity contribution in [2.24, 2.45) is 5.92 Å². The number of allylic oxidation sites excluding steroid dienone is 7. The van der Waals surface area contributed by atoms with E-state index in [4.69, 9.17) is 9.16 Å². The number of ether oxygens (including phenoxy) is 1. The Morgan fingerprint density at radius 1 is 1.05 bits per heavy atom. The Kier molecular flexibility index (Phi) is 18.1. The van der Waals surface area contributed by atoms with Gasteiger partial charge in [-0.1, -0.05) is 109 Å². The van der Waals surface area contributed by atoms with Crippen molar-refractivity contribution in [1.29, 1.82) is 0 Å². The molecule has 7 nitrogen and oxygen atoms in total. The minimum atomic E-state index is -2.24. The largest absolute Gasteiger partial charge is 0.454 e. The Bertz CT molecular complexity index is 1020. The van der Waals surface area contributed by atoms with E-state index in [0.29, 0.717) is 13.0 Å². The Labute approximate surface area is 262 Å². The van der Waals surface area contributed by atoms with Crippen LogP contribution < -0.4 is 10.6 Å². The number of hydrogen-bond acceptors (Lipinski definition) is 5. The lowest BCUT2D eigenvalue weighted by Gasteiger charge is -2.40. The smallest absolute Gasteiger partial charge is 0.331 e. The van der Waals surface area contributed by atoms with Crippen LogP contribution in [-0.2, 0) is 23.5 Å². The Morgan fingerprint density at radius 3 is 2.44 bits per heavy atom. The summed E-state index contributed by atoms with van der Waals surface area (Å²) in [6.45, 7) is 17.3. The second-order valence-corrected chi connectivity index (χ2v) is 17.7. The standard InChI is InChI=1S/C35H58N2O5Si/c1-9-10-11-12-13-14-17-20-23-28(2)30-26-32(38)37-27-31(42-43(7,8)35(4,5)6)29(3)34(40)36-25-22-19-16-15-18-21-24-33(39)41-30/h15-21,23-24,29-31H,9-14,22,25-27H2,1-8H3,(H,36,40)(H,37,38)/b18-15+,19-16+,20-17+,24-21+,28-23+/t29-,30+,31-/m0/s1. The molecule has 8 heteroatoms. The van der Waals surface area contributed by atoms with Crippen LogP contribution in [0.2, 0.25) is 18.1 Å². The minimum Gasteiger partial charge on any atom is -0.454 e. The molecule has 2 amide bonds. The zero-order valence-electron chi connectivity index (χ0n) is 28.0. The SMILES string of the molecule is CCCCCCC/C=C/C=C(\C)[C@H]1CC(=O)NC[C@H](O[Si](C)(C)C(C)(C)C)[C@H](C)C(=O)NCC/C=C/C=C/C=C/C(=O)O1. The maximum absolute atomic E-state index is 13.2. The van der Waals surface area contributed by atoms with Crippen LogP contribution in [0.15, 0.2) is 60.3 Å². The number of cyclic esters (lactones) is 1. The van der Waals surface area contributed by atoms with Gasteiger partial charge in [-0.3, -0.25) is 9.59 Å². The molecule has 0 fully saturated rings. The van der Waals surface area contributed by atoms with Gasteiger partial charge in [0.2, 0.25) is 11.8 Å². The molecule has 2 N–H and O–H groups in total. The molecule has 43 heavy (non-hydrogen) atoms. The summed E-state index contributed by atoms with van der Waals surface area (Å²) >= 11 is 0. The summed E-state index contributed by atoms with van der Waals surface area (Å²) in [6.07, 6.45) is 22.9. The molecule has 0 radical (unpaired) electrons. The zero-order chi connectivity index (χ0) is 32.3. The second kappa shape index (κ2) is 20.3. The second-order valence-electron chi connectivity index (χ2n) is 12.9. The number of carbonyl (C=O) groups excluding carboxylic acids is 3. The quantitative estimate of drug-likeness (QED) is 0.115. The van der Waals surface area contributed by atoms with E-state index in [-0.39, 0.29) is 29.8 Å². The molecule has 0 saturated carbocycles. The van der Waals surface area contributed by atoms with Crippen molar-refractivity contribution < 1.29 is 23.5 Å². The first kappa shape index (κ1) is 38.3. The summed E-state index contributed by atoms with van der Waals surface area (Å²) < 4.78 is 12.4. The number of rotatable bonds is 10. The van der Waals surface area contributed by atoms with Crippen LogP contribution in [0.4, 0.5) is 0 Å². The number of unbranched alkanes of at least 4 members (excludes halogenated alkanes) is 5. The van der Waals surface area contributed by atoms with Gasteiger partial charge in [-0.2, -0.15) is 0 Å². The lowest BCUT2D eigenvalue weighted by Crippen LogP contribution is -2.51. The first-order valence-corrected chi connectivity index (χ1v) is 18.9. The van der Waals surface area contributed by atoms with E-state index in [1.807, 2.05) is 44.2 Å². The molecule has 1 aliphatic heterocycles. The maximum Gasteiger partial charge on any atom is 0.331 e. The summed E-state index contributed by atoms with van der Waals surface area (Å²) in [5.41, 5.74) is 0.783. The predicted octanol–water partition coefficient (Wildman–Crippen LogP) is 7.48. The van der Waals surface area contributed by atoms with Gasteiger partial charge in [0, 0.05) is 19.2 Å². The van der Waals surface area contributed by atoms with E-state index in [1.54, 1.807) is 12.2 Å². The average Bonchev–Trinajstić information content (AvgIpc) is 2.93. The van der Waals surface area contributed by atoms with Gasteiger partial charge in [0.25, 0.3) is 0 Å². The summed E-state index contributed by atoms with van der Waals surface area (Å²) in [5, 5.41) is 5.91. The monoisotopic (exact) mass is 614 g/mol. The Morgan fingerprint density at radius 2 is 1.74 bits per heavy atom. The van der Waals surface area contributed by atoms with Gasteiger partial charge in [-0.25, -0.2) is 4.79 Å². The molecule has 1 aliphatic rings. The third-order valence-corrected chi connectivity index (χ3v) is 12.6. The number of esters is 1. The van der Waals surface area contributed by atoms with Crippen LogP contribution in [0, 0.1) is 5.92 Å². The summed E-state index contributed by atoms with van der Waals surface area (Å²) in [5.74, 6) is -1.36. The maximum atomic E-state index is 13.2. The Hall–Kier alpha value is -2.71. The van der Waals surface area contributed by atoms with E-state index >= 15 is 0 Å². The number of carbonyl (C=O) groups is 3. The molecular weight excluding hydrogens is 556 g/mol. The molecule has 0 aliphatic carbocycles. The molecule has 0 aromatic carbocycles. The molecule has 242 valence electrons. The molecule has 1 heterocycles. The van der Waals surface area contributed by atoms with Gasteiger partial charge in [0.05, 0.1) is 18.4 Å². The van der Waals surface area contributed by atoms with E-state index in [2.05, 4.69) is 57.5 Å². The topological polar surface area (TPSA) is 93.7 Å². The van der Waals surface area contributed by atoms with Crippen LogP contribution in [0.3, 0.4) is 0 Å². The van der Waals surface area contributed by atoms with Crippen molar-refractivity contribution in [2.45, 2.75) is 123 Å². The van der Waals surface area contributed by atoms with E-state index in [1.165, 1.54) is 31.8 Å².